The van der Waals surface area contributed by atoms with E-state index in [9.17, 15) is 13.0 Å². The van der Waals surface area contributed by atoms with Crippen LogP contribution in [0.4, 0.5) is 8.39 Å². The van der Waals surface area contributed by atoms with Crippen molar-refractivity contribution in [3.05, 3.63) is 0 Å². The van der Waals surface area contributed by atoms with Crippen LogP contribution in [-0.4, -0.2) is 18.3 Å². The second kappa shape index (κ2) is 3.93. The molecule has 0 radical (unpaired) electrons. The lowest BCUT2D eigenvalue weighted by Crippen LogP contribution is -1.91. The monoisotopic (exact) mass is 160 g/mol. The van der Waals surface area contributed by atoms with Crippen LogP contribution < -0.4 is 0 Å². The SMILES string of the molecule is O=P(F)(F)OCCCO. The molecule has 56 valence electrons. The van der Waals surface area contributed by atoms with E-state index < -0.39 is 7.99 Å². The third kappa shape index (κ3) is 8.01. The van der Waals surface area contributed by atoms with E-state index in [-0.39, 0.29) is 19.6 Å². The minimum atomic E-state index is -5.31. The molecule has 0 saturated heterocycles. The number of hydrogen-bond acceptors (Lipinski definition) is 3. The lowest BCUT2D eigenvalue weighted by Gasteiger charge is -1.97. The van der Waals surface area contributed by atoms with E-state index in [2.05, 4.69) is 4.52 Å². The summed E-state index contributed by atoms with van der Waals surface area (Å²) in [5.74, 6) is 0. The van der Waals surface area contributed by atoms with Gasteiger partial charge < -0.3 is 5.11 Å². The van der Waals surface area contributed by atoms with E-state index in [1.54, 1.807) is 0 Å². The minimum absolute atomic E-state index is 0.0812. The Labute approximate surface area is 51.3 Å². The third-order valence-electron chi connectivity index (χ3n) is 0.544. The maximum Gasteiger partial charge on any atom is 0.551 e. The predicted octanol–water partition coefficient (Wildman–Crippen LogP) is 1.43. The summed E-state index contributed by atoms with van der Waals surface area (Å²) in [6.45, 7) is -0.596. The average Bonchev–Trinajstić information content (AvgIpc) is 1.63. The largest absolute Gasteiger partial charge is 0.551 e. The van der Waals surface area contributed by atoms with Crippen molar-refractivity contribution in [1.29, 1.82) is 0 Å². The summed E-state index contributed by atoms with van der Waals surface area (Å²) in [5.41, 5.74) is 0. The summed E-state index contributed by atoms with van der Waals surface area (Å²) in [6, 6.07) is 0. The molecule has 0 spiro atoms. The van der Waals surface area contributed by atoms with E-state index in [1.807, 2.05) is 0 Å². The van der Waals surface area contributed by atoms with Gasteiger partial charge >= 0.3 is 7.99 Å². The molecule has 0 aromatic carbocycles. The maximum atomic E-state index is 11.3. The smallest absolute Gasteiger partial charge is 0.396 e. The molecule has 9 heavy (non-hydrogen) atoms. The van der Waals surface area contributed by atoms with Crippen LogP contribution in [0.25, 0.3) is 0 Å². The molecular formula is C3H7F2O3P. The molecule has 0 unspecified atom stereocenters. The van der Waals surface area contributed by atoms with Gasteiger partial charge in [0.2, 0.25) is 0 Å². The molecule has 6 heteroatoms. The Morgan fingerprint density at radius 1 is 1.56 bits per heavy atom. The van der Waals surface area contributed by atoms with E-state index in [0.29, 0.717) is 0 Å². The Morgan fingerprint density at radius 2 is 2.11 bits per heavy atom. The molecule has 0 bridgehead atoms. The van der Waals surface area contributed by atoms with Gasteiger partial charge in [-0.15, -0.1) is 8.39 Å². The maximum absolute atomic E-state index is 11.3. The quantitative estimate of drug-likeness (QED) is 0.499. The normalized spacial score (nSPS) is 11.9. The molecule has 0 aromatic rings. The predicted molar refractivity (Wildman–Crippen MR) is 27.5 cm³/mol. The molecule has 0 aliphatic heterocycles. The van der Waals surface area contributed by atoms with Crippen molar-refractivity contribution < 1.29 is 22.6 Å². The second-order valence-corrected chi connectivity index (χ2v) is 2.41. The first-order valence-corrected chi connectivity index (χ1v) is 3.71. The van der Waals surface area contributed by atoms with Crippen molar-refractivity contribution in [2.75, 3.05) is 13.2 Å². The highest BCUT2D eigenvalue weighted by molar-refractivity contribution is 7.47. The Morgan fingerprint density at radius 3 is 2.44 bits per heavy atom. The van der Waals surface area contributed by atoms with Gasteiger partial charge in [-0.05, 0) is 6.42 Å². The van der Waals surface area contributed by atoms with Crippen molar-refractivity contribution in [1.82, 2.24) is 0 Å². The summed E-state index contributed by atoms with van der Waals surface area (Å²) in [5, 5.41) is 8.05. The number of halogens is 2. The lowest BCUT2D eigenvalue weighted by atomic mass is 10.5. The highest BCUT2D eigenvalue weighted by Crippen LogP contribution is 2.50. The molecule has 0 atom stereocenters. The highest BCUT2D eigenvalue weighted by atomic mass is 31.2. The molecule has 1 N–H and O–H groups in total. The fraction of sp³-hybridized carbons (Fsp3) is 1.00. The minimum Gasteiger partial charge on any atom is -0.396 e. The van der Waals surface area contributed by atoms with Gasteiger partial charge in [0.05, 0.1) is 6.61 Å². The molecule has 0 aliphatic carbocycles. The molecular weight excluding hydrogens is 153 g/mol. The summed E-state index contributed by atoms with van der Waals surface area (Å²) in [7, 11) is -5.31. The fourth-order valence-electron chi connectivity index (χ4n) is 0.235. The molecule has 0 amide bonds. The zero-order valence-corrected chi connectivity index (χ0v) is 5.48. The van der Waals surface area contributed by atoms with Crippen molar-refractivity contribution >= 4 is 7.99 Å². The van der Waals surface area contributed by atoms with Gasteiger partial charge in [0, 0.05) is 6.61 Å². The van der Waals surface area contributed by atoms with Crippen molar-refractivity contribution in [2.45, 2.75) is 6.42 Å². The Balaban J connectivity index is 3.18. The van der Waals surface area contributed by atoms with Crippen molar-refractivity contribution in [2.24, 2.45) is 0 Å². The van der Waals surface area contributed by atoms with E-state index >= 15 is 0 Å². The molecule has 0 saturated carbocycles. The third-order valence-corrected chi connectivity index (χ3v) is 1.03. The Bertz CT molecular complexity index is 112. The number of rotatable bonds is 4. The first-order valence-electron chi connectivity index (χ1n) is 2.31. The van der Waals surface area contributed by atoms with Crippen LogP contribution in [0.15, 0.2) is 0 Å². The van der Waals surface area contributed by atoms with Crippen LogP contribution in [-0.2, 0) is 9.09 Å². The van der Waals surface area contributed by atoms with E-state index in [4.69, 9.17) is 5.11 Å². The van der Waals surface area contributed by atoms with Gasteiger partial charge in [0.1, 0.15) is 0 Å². The molecule has 0 aromatic heterocycles. The molecule has 0 fully saturated rings. The van der Waals surface area contributed by atoms with E-state index in [1.165, 1.54) is 0 Å². The van der Waals surface area contributed by atoms with Crippen LogP contribution in [0.1, 0.15) is 6.42 Å². The molecule has 0 rings (SSSR count). The first kappa shape index (κ1) is 9.01. The number of aliphatic hydroxyl groups is 1. The van der Waals surface area contributed by atoms with Gasteiger partial charge in [-0.3, -0.25) is 4.52 Å². The molecule has 3 nitrogen and oxygen atoms in total. The lowest BCUT2D eigenvalue weighted by molar-refractivity contribution is 0.211. The standard InChI is InChI=1S/C3H7F2O3P/c4-9(5,7)8-3-1-2-6/h6H,1-3H2. The van der Waals surface area contributed by atoms with Crippen molar-refractivity contribution in [3.63, 3.8) is 0 Å². The summed E-state index contributed by atoms with van der Waals surface area (Å²) < 4.78 is 35.6. The van der Waals surface area contributed by atoms with Crippen LogP contribution >= 0.6 is 7.99 Å². The average molecular weight is 160 g/mol. The fourth-order valence-corrected chi connectivity index (χ4v) is 0.577. The zero-order valence-electron chi connectivity index (χ0n) is 4.59. The summed E-state index contributed by atoms with van der Waals surface area (Å²) >= 11 is 0. The van der Waals surface area contributed by atoms with Crippen LogP contribution in [0, 0.1) is 0 Å². The van der Waals surface area contributed by atoms with Gasteiger partial charge in [-0.1, -0.05) is 0 Å². The summed E-state index contributed by atoms with van der Waals surface area (Å²) in [6.07, 6.45) is 0.0812. The second-order valence-electron chi connectivity index (χ2n) is 1.32. The Hall–Kier alpha value is 0.01000. The molecule has 0 aliphatic rings. The van der Waals surface area contributed by atoms with E-state index in [0.717, 1.165) is 0 Å². The van der Waals surface area contributed by atoms with Gasteiger partial charge in [0.25, 0.3) is 0 Å². The van der Waals surface area contributed by atoms with Gasteiger partial charge in [-0.2, -0.15) is 0 Å². The molecule has 0 heterocycles. The van der Waals surface area contributed by atoms with Crippen LogP contribution in [0.5, 0.6) is 0 Å². The van der Waals surface area contributed by atoms with Gasteiger partial charge in [0.15, 0.2) is 0 Å². The topological polar surface area (TPSA) is 46.5 Å². The summed E-state index contributed by atoms with van der Waals surface area (Å²) in [4.78, 5) is 0. The Kier molecular flexibility index (Phi) is 3.93. The van der Waals surface area contributed by atoms with Crippen LogP contribution in [0.2, 0.25) is 0 Å². The zero-order chi connectivity index (χ0) is 7.33. The van der Waals surface area contributed by atoms with Crippen molar-refractivity contribution in [3.8, 4) is 0 Å². The number of aliphatic hydroxyl groups excluding tert-OH is 1. The highest BCUT2D eigenvalue weighted by Gasteiger charge is 2.19. The first-order chi connectivity index (χ1) is 4.06. The van der Waals surface area contributed by atoms with Crippen LogP contribution in [0.3, 0.4) is 0 Å². The number of hydrogen-bond donors (Lipinski definition) is 1. The van der Waals surface area contributed by atoms with Gasteiger partial charge in [-0.25, -0.2) is 4.57 Å².